The number of ether oxygens (including phenoxy) is 2. The topological polar surface area (TPSA) is 93.9 Å². The Labute approximate surface area is 213 Å². The summed E-state index contributed by atoms with van der Waals surface area (Å²) in [5.41, 5.74) is 4.15. The van der Waals surface area contributed by atoms with Gasteiger partial charge in [-0.3, -0.25) is 9.59 Å². The number of nitrogens with zero attached hydrogens (tertiary/aromatic N) is 3. The van der Waals surface area contributed by atoms with Crippen molar-refractivity contribution in [2.24, 2.45) is 7.05 Å². The van der Waals surface area contributed by atoms with E-state index in [1.165, 1.54) is 6.07 Å². The highest BCUT2D eigenvalue weighted by Gasteiger charge is 2.31. The van der Waals surface area contributed by atoms with Crippen molar-refractivity contribution in [3.63, 3.8) is 0 Å². The predicted molar refractivity (Wildman–Crippen MR) is 139 cm³/mol. The largest absolute Gasteiger partial charge is 0.507 e. The van der Waals surface area contributed by atoms with Gasteiger partial charge >= 0.3 is 0 Å². The number of amides is 1. The Morgan fingerprint density at radius 1 is 1.19 bits per heavy atom. The van der Waals surface area contributed by atoms with Gasteiger partial charge in [0, 0.05) is 56.2 Å². The van der Waals surface area contributed by atoms with Gasteiger partial charge in [0.15, 0.2) is 5.76 Å². The van der Waals surface area contributed by atoms with Crippen LogP contribution in [0.4, 0.5) is 0 Å². The number of carbonyl (C=O) groups is 2. The fourth-order valence-corrected chi connectivity index (χ4v) is 5.12. The molecule has 8 nitrogen and oxygen atoms in total. The molecule has 6 rings (SSSR count). The van der Waals surface area contributed by atoms with Crippen molar-refractivity contribution in [1.82, 2.24) is 14.5 Å². The molecule has 2 aliphatic heterocycles. The van der Waals surface area contributed by atoms with Gasteiger partial charge in [-0.15, -0.1) is 0 Å². The number of aromatic nitrogens is 2. The maximum Gasteiger partial charge on any atom is 0.253 e. The van der Waals surface area contributed by atoms with Crippen LogP contribution >= 0.6 is 0 Å². The average molecular weight is 496 g/mol. The summed E-state index contributed by atoms with van der Waals surface area (Å²) < 4.78 is 13.1. The van der Waals surface area contributed by atoms with E-state index in [1.54, 1.807) is 31.5 Å². The molecule has 1 unspecified atom stereocenters. The smallest absolute Gasteiger partial charge is 0.253 e. The van der Waals surface area contributed by atoms with E-state index < -0.39 is 0 Å². The number of hydrogen-bond acceptors (Lipinski definition) is 6. The molecule has 1 atom stereocenters. The van der Waals surface area contributed by atoms with Crippen molar-refractivity contribution in [1.29, 1.82) is 0 Å². The minimum atomic E-state index is -0.365. The van der Waals surface area contributed by atoms with Gasteiger partial charge in [0.2, 0.25) is 5.78 Å². The molecule has 8 heteroatoms. The highest BCUT2D eigenvalue weighted by molar-refractivity contribution is 6.17. The molecule has 186 valence electrons. The number of pyridine rings is 1. The Kier molecular flexibility index (Phi) is 5.53. The molecule has 37 heavy (non-hydrogen) atoms. The molecule has 4 heterocycles. The summed E-state index contributed by atoms with van der Waals surface area (Å²) in [7, 11) is 3.57. The van der Waals surface area contributed by atoms with E-state index in [1.807, 2.05) is 53.0 Å². The molecule has 0 saturated carbocycles. The van der Waals surface area contributed by atoms with Crippen molar-refractivity contribution in [3.8, 4) is 22.6 Å². The van der Waals surface area contributed by atoms with Gasteiger partial charge < -0.3 is 24.0 Å². The van der Waals surface area contributed by atoms with Crippen LogP contribution in [0.15, 0.2) is 66.7 Å². The third-order valence-corrected chi connectivity index (χ3v) is 7.06. The van der Waals surface area contributed by atoms with Crippen molar-refractivity contribution in [3.05, 3.63) is 83.4 Å². The van der Waals surface area contributed by atoms with Crippen LogP contribution in [0.25, 0.3) is 28.2 Å². The number of fused-ring (bicyclic) bond motifs is 2. The highest BCUT2D eigenvalue weighted by atomic mass is 16.5. The zero-order valence-corrected chi connectivity index (χ0v) is 20.5. The lowest BCUT2D eigenvalue weighted by Crippen LogP contribution is -2.29. The predicted octanol–water partition coefficient (Wildman–Crippen LogP) is 4.42. The van der Waals surface area contributed by atoms with Gasteiger partial charge in [-0.2, -0.15) is 0 Å². The Hall–Kier alpha value is -4.43. The molecule has 0 radical (unpaired) electrons. The summed E-state index contributed by atoms with van der Waals surface area (Å²) in [6, 6.07) is 14.2. The van der Waals surface area contributed by atoms with E-state index in [2.05, 4.69) is 4.98 Å². The van der Waals surface area contributed by atoms with Crippen molar-refractivity contribution >= 4 is 28.8 Å². The van der Waals surface area contributed by atoms with Crippen molar-refractivity contribution in [2.45, 2.75) is 12.5 Å². The molecule has 2 aliphatic rings. The van der Waals surface area contributed by atoms with Gasteiger partial charge in [0.1, 0.15) is 22.7 Å². The van der Waals surface area contributed by atoms with E-state index in [9.17, 15) is 14.7 Å². The van der Waals surface area contributed by atoms with Crippen LogP contribution in [0.1, 0.15) is 32.7 Å². The Morgan fingerprint density at radius 2 is 2.00 bits per heavy atom. The molecule has 2 aromatic carbocycles. The second-order valence-electron chi connectivity index (χ2n) is 9.32. The fourth-order valence-electron chi connectivity index (χ4n) is 5.12. The van der Waals surface area contributed by atoms with Crippen LogP contribution < -0.4 is 4.74 Å². The standard InChI is InChI=1S/C29H25N3O5/c1-31-15-19(14-24-27(34)26-22(33)4-3-5-23(26)37-24)25-21(10-12-30-28(25)31)17-6-8-18(9-7-17)29(35)32-13-11-20(16-32)36-2/h3-10,12,14-15,20,33H,11,13,16H2,1-2H3/b24-14-. The quantitative estimate of drug-likeness (QED) is 0.421. The fraction of sp³-hybridized carbons (Fsp3) is 0.207. The molecule has 4 aromatic rings. The number of aryl methyl sites for hydroxylation is 1. The number of rotatable bonds is 4. The zero-order chi connectivity index (χ0) is 25.7. The summed E-state index contributed by atoms with van der Waals surface area (Å²) in [5.74, 6) is 0.00368. The van der Waals surface area contributed by atoms with Crippen LogP contribution in [0.5, 0.6) is 11.5 Å². The number of methoxy groups -OCH3 is 1. The van der Waals surface area contributed by atoms with E-state index in [4.69, 9.17) is 9.47 Å². The monoisotopic (exact) mass is 495 g/mol. The van der Waals surface area contributed by atoms with Crippen LogP contribution in [0.3, 0.4) is 0 Å². The van der Waals surface area contributed by atoms with Crippen molar-refractivity contribution < 1.29 is 24.2 Å². The highest BCUT2D eigenvalue weighted by Crippen LogP contribution is 2.39. The molecule has 0 bridgehead atoms. The Morgan fingerprint density at radius 3 is 2.73 bits per heavy atom. The summed E-state index contributed by atoms with van der Waals surface area (Å²) in [5, 5.41) is 11.0. The Balaban J connectivity index is 1.36. The van der Waals surface area contributed by atoms with Gasteiger partial charge in [-0.1, -0.05) is 18.2 Å². The van der Waals surface area contributed by atoms with E-state index in [0.29, 0.717) is 24.4 Å². The molecule has 1 N–H and O–H groups in total. The number of ketones is 1. The lowest BCUT2D eigenvalue weighted by Gasteiger charge is -2.16. The third kappa shape index (κ3) is 3.86. The Bertz CT molecular complexity index is 1590. The van der Waals surface area contributed by atoms with Gasteiger partial charge in [0.25, 0.3) is 5.91 Å². The molecule has 0 spiro atoms. The first-order valence-electron chi connectivity index (χ1n) is 12.1. The summed E-state index contributed by atoms with van der Waals surface area (Å²) in [6.45, 7) is 1.29. The number of phenolic OH excluding ortho intramolecular Hbond substituents is 1. The van der Waals surface area contributed by atoms with E-state index in [0.717, 1.165) is 34.1 Å². The lowest BCUT2D eigenvalue weighted by molar-refractivity contribution is 0.0724. The summed E-state index contributed by atoms with van der Waals surface area (Å²) >= 11 is 0. The normalized spacial score (nSPS) is 18.0. The SMILES string of the molecule is COC1CCN(C(=O)c2ccc(-c3ccnc4c3c(/C=C3\Oc5cccc(O)c5C3=O)cn4C)cc2)C1. The lowest BCUT2D eigenvalue weighted by atomic mass is 9.99. The zero-order valence-electron chi connectivity index (χ0n) is 20.5. The van der Waals surface area contributed by atoms with E-state index >= 15 is 0 Å². The van der Waals surface area contributed by atoms with Crippen LogP contribution in [-0.2, 0) is 11.8 Å². The summed E-state index contributed by atoms with van der Waals surface area (Å²) in [6.07, 6.45) is 6.26. The first kappa shape index (κ1) is 23.0. The van der Waals surface area contributed by atoms with Gasteiger partial charge in [0.05, 0.1) is 6.10 Å². The number of benzene rings is 2. The number of Topliss-reactive ketones (excluding diaryl/α,β-unsaturated/α-hetero) is 1. The van der Waals surface area contributed by atoms with Gasteiger partial charge in [-0.05, 0) is 54.0 Å². The van der Waals surface area contributed by atoms with Crippen molar-refractivity contribution in [2.75, 3.05) is 20.2 Å². The van der Waals surface area contributed by atoms with Crippen LogP contribution in [0.2, 0.25) is 0 Å². The first-order valence-corrected chi connectivity index (χ1v) is 12.1. The minimum Gasteiger partial charge on any atom is -0.507 e. The van der Waals surface area contributed by atoms with E-state index in [-0.39, 0.29) is 34.9 Å². The number of hydrogen-bond donors (Lipinski definition) is 1. The number of phenols is 1. The summed E-state index contributed by atoms with van der Waals surface area (Å²) in [4.78, 5) is 32.3. The van der Waals surface area contributed by atoms with Crippen LogP contribution in [-0.4, -0.2) is 57.6 Å². The average Bonchev–Trinajstić information content (AvgIpc) is 3.61. The number of likely N-dealkylation sites (tertiary alicyclic amines) is 1. The number of allylic oxidation sites excluding steroid dienone is 1. The maximum atomic E-state index is 13.0. The number of carbonyl (C=O) groups excluding carboxylic acids is 2. The molecular formula is C29H25N3O5. The molecule has 1 saturated heterocycles. The second kappa shape index (κ2) is 8.90. The third-order valence-electron chi connectivity index (χ3n) is 7.06. The first-order chi connectivity index (χ1) is 17.9. The molecule has 1 fully saturated rings. The van der Waals surface area contributed by atoms with Crippen LogP contribution in [0, 0.1) is 0 Å². The van der Waals surface area contributed by atoms with Gasteiger partial charge in [-0.25, -0.2) is 4.98 Å². The molecular weight excluding hydrogens is 470 g/mol. The second-order valence-corrected chi connectivity index (χ2v) is 9.32. The minimum absolute atomic E-state index is 0.00387. The molecule has 1 amide bonds. The molecule has 0 aliphatic carbocycles. The maximum absolute atomic E-state index is 13.0. The number of aromatic hydroxyl groups is 1. The molecule has 2 aromatic heterocycles.